The minimum absolute atomic E-state index is 0.0652. The molecule has 1 heterocycles. The Hall–Kier alpha value is -2.36. The highest BCUT2D eigenvalue weighted by Crippen LogP contribution is 2.29. The van der Waals surface area contributed by atoms with E-state index in [2.05, 4.69) is 4.98 Å². The maximum Gasteiger partial charge on any atom is 0.194 e. The second kappa shape index (κ2) is 6.88. The molecule has 0 aliphatic carbocycles. The Labute approximate surface area is 124 Å². The number of ketones is 1. The summed E-state index contributed by atoms with van der Waals surface area (Å²) in [5.74, 6) is 1.18. The molecule has 0 bridgehead atoms. The molecule has 0 fully saturated rings. The van der Waals surface area contributed by atoms with Crippen LogP contribution in [0.5, 0.6) is 11.5 Å². The summed E-state index contributed by atoms with van der Waals surface area (Å²) in [5.41, 5.74) is 1.89. The summed E-state index contributed by atoms with van der Waals surface area (Å²) in [6, 6.07) is 8.79. The Morgan fingerprint density at radius 2 is 1.81 bits per heavy atom. The van der Waals surface area contributed by atoms with Gasteiger partial charge in [-0.2, -0.15) is 0 Å². The van der Waals surface area contributed by atoms with Crippen LogP contribution >= 0.6 is 0 Å². The normalized spacial score (nSPS) is 10.2. The minimum Gasteiger partial charge on any atom is -0.490 e. The average molecular weight is 285 g/mol. The van der Waals surface area contributed by atoms with Gasteiger partial charge in [-0.3, -0.25) is 9.78 Å². The fraction of sp³-hybridized carbons (Fsp3) is 0.294. The molecule has 0 saturated carbocycles. The Morgan fingerprint density at radius 3 is 2.48 bits per heavy atom. The van der Waals surface area contributed by atoms with Crippen LogP contribution < -0.4 is 9.47 Å². The maximum atomic E-state index is 12.6. The molecule has 0 saturated heterocycles. The largest absolute Gasteiger partial charge is 0.490 e. The second-order valence-electron chi connectivity index (χ2n) is 4.49. The number of ether oxygens (including phenoxy) is 2. The molecule has 4 nitrogen and oxygen atoms in total. The summed E-state index contributed by atoms with van der Waals surface area (Å²) in [4.78, 5) is 16.7. The molecule has 0 spiro atoms. The van der Waals surface area contributed by atoms with E-state index in [0.29, 0.717) is 41.5 Å². The van der Waals surface area contributed by atoms with Crippen molar-refractivity contribution < 1.29 is 14.3 Å². The zero-order chi connectivity index (χ0) is 15.2. The van der Waals surface area contributed by atoms with E-state index in [9.17, 15) is 4.79 Å². The summed E-state index contributed by atoms with van der Waals surface area (Å²) in [6.45, 7) is 6.70. The molecule has 4 heteroatoms. The van der Waals surface area contributed by atoms with Crippen molar-refractivity contribution in [1.29, 1.82) is 0 Å². The van der Waals surface area contributed by atoms with Crippen LogP contribution in [0.4, 0.5) is 0 Å². The average Bonchev–Trinajstić information content (AvgIpc) is 2.49. The van der Waals surface area contributed by atoms with Crippen LogP contribution in [0, 0.1) is 6.92 Å². The monoisotopic (exact) mass is 285 g/mol. The highest BCUT2D eigenvalue weighted by molar-refractivity contribution is 6.09. The first kappa shape index (κ1) is 15.0. The van der Waals surface area contributed by atoms with Crippen LogP contribution in [0.15, 0.2) is 36.5 Å². The second-order valence-corrected chi connectivity index (χ2v) is 4.49. The molecule has 0 aliphatic heterocycles. The first-order valence-corrected chi connectivity index (χ1v) is 7.03. The number of benzene rings is 1. The van der Waals surface area contributed by atoms with E-state index in [1.807, 2.05) is 20.8 Å². The molecule has 0 N–H and O–H groups in total. The van der Waals surface area contributed by atoms with Crippen LogP contribution in [0.1, 0.15) is 35.5 Å². The van der Waals surface area contributed by atoms with Gasteiger partial charge in [-0.05, 0) is 51.1 Å². The summed E-state index contributed by atoms with van der Waals surface area (Å²) in [5, 5.41) is 0. The third-order valence-corrected chi connectivity index (χ3v) is 3.06. The van der Waals surface area contributed by atoms with Gasteiger partial charge in [0.25, 0.3) is 0 Å². The number of aromatic nitrogens is 1. The van der Waals surface area contributed by atoms with Gasteiger partial charge < -0.3 is 9.47 Å². The van der Waals surface area contributed by atoms with Gasteiger partial charge in [-0.15, -0.1) is 0 Å². The molecule has 21 heavy (non-hydrogen) atoms. The van der Waals surface area contributed by atoms with Gasteiger partial charge in [-0.25, -0.2) is 0 Å². The van der Waals surface area contributed by atoms with Gasteiger partial charge in [0.15, 0.2) is 17.3 Å². The smallest absolute Gasteiger partial charge is 0.194 e. The first-order valence-electron chi connectivity index (χ1n) is 7.03. The van der Waals surface area contributed by atoms with E-state index in [4.69, 9.17) is 9.47 Å². The van der Waals surface area contributed by atoms with Crippen molar-refractivity contribution in [3.8, 4) is 11.5 Å². The van der Waals surface area contributed by atoms with E-state index in [1.54, 1.807) is 36.5 Å². The lowest BCUT2D eigenvalue weighted by Gasteiger charge is -2.12. The lowest BCUT2D eigenvalue weighted by atomic mass is 10.0. The molecule has 0 amide bonds. The molecule has 110 valence electrons. The van der Waals surface area contributed by atoms with Crippen molar-refractivity contribution in [2.75, 3.05) is 13.2 Å². The van der Waals surface area contributed by atoms with Gasteiger partial charge in [0.05, 0.1) is 13.2 Å². The van der Waals surface area contributed by atoms with Crippen molar-refractivity contribution in [3.63, 3.8) is 0 Å². The van der Waals surface area contributed by atoms with Crippen molar-refractivity contribution in [2.45, 2.75) is 20.8 Å². The third-order valence-electron chi connectivity index (χ3n) is 3.06. The predicted octanol–water partition coefficient (Wildman–Crippen LogP) is 3.42. The van der Waals surface area contributed by atoms with E-state index in [0.717, 1.165) is 0 Å². The fourth-order valence-electron chi connectivity index (χ4n) is 2.07. The van der Waals surface area contributed by atoms with Gasteiger partial charge in [-0.1, -0.05) is 0 Å². The number of pyridine rings is 1. The SMILES string of the molecule is CCOc1ccc(C(=O)c2cccnc2C)cc1OCC. The fourth-order valence-corrected chi connectivity index (χ4v) is 2.07. The molecule has 1 aromatic carbocycles. The number of hydrogen-bond acceptors (Lipinski definition) is 4. The molecule has 2 rings (SSSR count). The van der Waals surface area contributed by atoms with Gasteiger partial charge >= 0.3 is 0 Å². The topological polar surface area (TPSA) is 48.4 Å². The molecule has 1 aromatic heterocycles. The van der Waals surface area contributed by atoms with Gasteiger partial charge in [0.2, 0.25) is 0 Å². The predicted molar refractivity (Wildman–Crippen MR) is 81.2 cm³/mol. The van der Waals surface area contributed by atoms with E-state index in [-0.39, 0.29) is 5.78 Å². The van der Waals surface area contributed by atoms with Gasteiger partial charge in [0.1, 0.15) is 0 Å². The highest BCUT2D eigenvalue weighted by Gasteiger charge is 2.15. The van der Waals surface area contributed by atoms with Crippen molar-refractivity contribution in [1.82, 2.24) is 4.98 Å². The first-order chi connectivity index (χ1) is 10.2. The van der Waals surface area contributed by atoms with E-state index in [1.165, 1.54) is 0 Å². The number of aryl methyl sites for hydroxylation is 1. The summed E-state index contributed by atoms with van der Waals surface area (Å²) >= 11 is 0. The number of carbonyl (C=O) groups is 1. The van der Waals surface area contributed by atoms with Crippen LogP contribution in [0.2, 0.25) is 0 Å². The zero-order valence-electron chi connectivity index (χ0n) is 12.6. The summed E-state index contributed by atoms with van der Waals surface area (Å²) in [6.07, 6.45) is 1.68. The van der Waals surface area contributed by atoms with E-state index >= 15 is 0 Å². The standard InChI is InChI=1S/C17H19NO3/c1-4-20-15-9-8-13(11-16(15)21-5-2)17(19)14-7-6-10-18-12(14)3/h6-11H,4-5H2,1-3H3. The van der Waals surface area contributed by atoms with E-state index < -0.39 is 0 Å². The number of nitrogens with zero attached hydrogens (tertiary/aromatic N) is 1. The van der Waals surface area contributed by atoms with Crippen LogP contribution in [-0.2, 0) is 0 Å². The molecule has 2 aromatic rings. The molecule has 0 unspecified atom stereocenters. The Kier molecular flexibility index (Phi) is 4.93. The third kappa shape index (κ3) is 3.40. The number of hydrogen-bond donors (Lipinski definition) is 0. The van der Waals surface area contributed by atoms with Crippen molar-refractivity contribution in [2.24, 2.45) is 0 Å². The van der Waals surface area contributed by atoms with Crippen molar-refractivity contribution >= 4 is 5.78 Å². The summed E-state index contributed by atoms with van der Waals surface area (Å²) in [7, 11) is 0. The van der Waals surface area contributed by atoms with Gasteiger partial charge in [0, 0.05) is 23.0 Å². The Bertz CT molecular complexity index is 638. The Morgan fingerprint density at radius 1 is 1.10 bits per heavy atom. The molecular weight excluding hydrogens is 266 g/mol. The molecule has 0 radical (unpaired) electrons. The number of carbonyl (C=O) groups excluding carboxylic acids is 1. The van der Waals surface area contributed by atoms with Crippen molar-refractivity contribution in [3.05, 3.63) is 53.3 Å². The lowest BCUT2D eigenvalue weighted by molar-refractivity contribution is 0.103. The Balaban J connectivity index is 2.38. The maximum absolute atomic E-state index is 12.6. The van der Waals surface area contributed by atoms with Crippen LogP contribution in [0.25, 0.3) is 0 Å². The van der Waals surface area contributed by atoms with Crippen LogP contribution in [0.3, 0.4) is 0 Å². The number of rotatable bonds is 6. The highest BCUT2D eigenvalue weighted by atomic mass is 16.5. The molecular formula is C17H19NO3. The molecule has 0 atom stereocenters. The summed E-state index contributed by atoms with van der Waals surface area (Å²) < 4.78 is 11.1. The van der Waals surface area contributed by atoms with Crippen LogP contribution in [-0.4, -0.2) is 24.0 Å². The quantitative estimate of drug-likeness (QED) is 0.763. The zero-order valence-corrected chi connectivity index (χ0v) is 12.6. The minimum atomic E-state index is -0.0652. The molecule has 0 aliphatic rings. The lowest BCUT2D eigenvalue weighted by Crippen LogP contribution is -2.06.